The molecule has 1 saturated heterocycles. The molecular weight excluding hydrogens is 343 g/mol. The number of hydrogen-bond donors (Lipinski definition) is 1. The van der Waals surface area contributed by atoms with Crippen LogP contribution in [0.15, 0.2) is 48.5 Å². The number of nitrogens with one attached hydrogen (secondary N) is 1. The van der Waals surface area contributed by atoms with E-state index in [-0.39, 0.29) is 23.7 Å². The van der Waals surface area contributed by atoms with Crippen LogP contribution in [0.2, 0.25) is 0 Å². The minimum absolute atomic E-state index is 0.0265. The van der Waals surface area contributed by atoms with Crippen molar-refractivity contribution in [3.8, 4) is 5.75 Å². The lowest BCUT2D eigenvalue weighted by Crippen LogP contribution is -2.40. The summed E-state index contributed by atoms with van der Waals surface area (Å²) >= 11 is 0. The molecule has 1 amide bonds. The Morgan fingerprint density at radius 2 is 1.96 bits per heavy atom. The van der Waals surface area contributed by atoms with Crippen molar-refractivity contribution in [2.24, 2.45) is 5.92 Å². The first-order valence-electron chi connectivity index (χ1n) is 9.54. The number of likely N-dealkylation sites (tertiary alicyclic amines) is 1. The Kier molecular flexibility index (Phi) is 6.45. The third kappa shape index (κ3) is 5.54. The maximum absolute atomic E-state index is 13.1. The summed E-state index contributed by atoms with van der Waals surface area (Å²) in [5.41, 5.74) is 1.78. The highest BCUT2D eigenvalue weighted by molar-refractivity contribution is 5.94. The van der Waals surface area contributed by atoms with Crippen molar-refractivity contribution in [1.29, 1.82) is 0 Å². The Morgan fingerprint density at radius 3 is 2.70 bits per heavy atom. The minimum atomic E-state index is -0.225. The Balaban J connectivity index is 1.61. The Morgan fingerprint density at radius 1 is 1.22 bits per heavy atom. The second-order valence-corrected chi connectivity index (χ2v) is 7.35. The third-order valence-corrected chi connectivity index (χ3v) is 4.70. The first kappa shape index (κ1) is 19.4. The Hall–Kier alpha value is -2.40. The molecule has 1 atom stereocenters. The highest BCUT2D eigenvalue weighted by Crippen LogP contribution is 2.27. The van der Waals surface area contributed by atoms with Gasteiger partial charge >= 0.3 is 0 Å². The molecule has 1 aliphatic rings. The molecule has 1 aliphatic heterocycles. The number of hydrogen-bond acceptors (Lipinski definition) is 3. The number of carbonyl (C=O) groups is 1. The van der Waals surface area contributed by atoms with Crippen LogP contribution in [0.25, 0.3) is 0 Å². The second-order valence-electron chi connectivity index (χ2n) is 7.35. The lowest BCUT2D eigenvalue weighted by atomic mass is 9.96. The molecule has 0 saturated carbocycles. The summed E-state index contributed by atoms with van der Waals surface area (Å²) in [5, 5.41) is 3.04. The molecule has 0 aromatic heterocycles. The van der Waals surface area contributed by atoms with Gasteiger partial charge in [-0.15, -0.1) is 0 Å². The fraction of sp³-hybridized carbons (Fsp3) is 0.409. The van der Waals surface area contributed by atoms with E-state index in [1.165, 1.54) is 12.1 Å². The van der Waals surface area contributed by atoms with E-state index < -0.39 is 0 Å². The molecular formula is C22H27FN2O2. The zero-order valence-corrected chi connectivity index (χ0v) is 16.0. The molecule has 144 valence electrons. The van der Waals surface area contributed by atoms with Gasteiger partial charge in [0.25, 0.3) is 0 Å². The number of carbonyl (C=O) groups excluding carboxylic acids is 1. The monoisotopic (exact) mass is 370 g/mol. The first-order chi connectivity index (χ1) is 13.0. The number of piperidine rings is 1. The smallest absolute Gasteiger partial charge is 0.228 e. The summed E-state index contributed by atoms with van der Waals surface area (Å²) in [6.45, 7) is 6.32. The number of benzene rings is 2. The fourth-order valence-electron chi connectivity index (χ4n) is 3.42. The maximum Gasteiger partial charge on any atom is 0.228 e. The molecule has 0 aliphatic carbocycles. The van der Waals surface area contributed by atoms with Gasteiger partial charge in [0, 0.05) is 13.1 Å². The lowest BCUT2D eigenvalue weighted by molar-refractivity contribution is -0.121. The van der Waals surface area contributed by atoms with Crippen molar-refractivity contribution >= 4 is 11.6 Å². The highest BCUT2D eigenvalue weighted by Gasteiger charge is 2.26. The maximum atomic E-state index is 13.1. The zero-order valence-electron chi connectivity index (χ0n) is 16.0. The number of rotatable bonds is 6. The topological polar surface area (TPSA) is 41.6 Å². The van der Waals surface area contributed by atoms with Crippen molar-refractivity contribution in [3.63, 3.8) is 0 Å². The standard InChI is InChI=1S/C22H27FN2O2/c1-16(2)27-21-8-4-3-7-20(21)24-22(26)18-6-5-13-25(15-18)14-17-9-11-19(23)12-10-17/h3-4,7-12,16,18H,5-6,13-15H2,1-2H3,(H,24,26). The highest BCUT2D eigenvalue weighted by atomic mass is 19.1. The Bertz CT molecular complexity index is 761. The number of nitrogens with zero attached hydrogens (tertiary/aromatic N) is 1. The normalized spacial score (nSPS) is 17.7. The van der Waals surface area contributed by atoms with Gasteiger partial charge in [-0.25, -0.2) is 4.39 Å². The molecule has 1 N–H and O–H groups in total. The molecule has 2 aromatic rings. The number of amides is 1. The van der Waals surface area contributed by atoms with Gasteiger partial charge in [-0.1, -0.05) is 24.3 Å². The molecule has 1 heterocycles. The molecule has 5 heteroatoms. The number of halogens is 1. The van der Waals surface area contributed by atoms with Gasteiger partial charge in [-0.05, 0) is 63.1 Å². The van der Waals surface area contributed by atoms with Crippen LogP contribution in [0, 0.1) is 11.7 Å². The van der Waals surface area contributed by atoms with Crippen LogP contribution in [-0.2, 0) is 11.3 Å². The van der Waals surface area contributed by atoms with Gasteiger partial charge in [0.15, 0.2) is 0 Å². The van der Waals surface area contributed by atoms with Gasteiger partial charge in [-0.2, -0.15) is 0 Å². The van der Waals surface area contributed by atoms with E-state index in [0.717, 1.165) is 31.5 Å². The average Bonchev–Trinajstić information content (AvgIpc) is 2.65. The van der Waals surface area contributed by atoms with Crippen molar-refractivity contribution < 1.29 is 13.9 Å². The summed E-state index contributed by atoms with van der Waals surface area (Å²) in [6.07, 6.45) is 1.89. The van der Waals surface area contributed by atoms with Gasteiger partial charge in [0.1, 0.15) is 11.6 Å². The van der Waals surface area contributed by atoms with Gasteiger partial charge in [0.2, 0.25) is 5.91 Å². The van der Waals surface area contributed by atoms with Gasteiger partial charge in [0.05, 0.1) is 17.7 Å². The summed E-state index contributed by atoms with van der Waals surface area (Å²) in [4.78, 5) is 15.1. The SMILES string of the molecule is CC(C)Oc1ccccc1NC(=O)C1CCCN(Cc2ccc(F)cc2)C1. The zero-order chi connectivity index (χ0) is 19.2. The number of para-hydroxylation sites is 2. The van der Waals surface area contributed by atoms with E-state index in [2.05, 4.69) is 10.2 Å². The predicted octanol–water partition coefficient (Wildman–Crippen LogP) is 4.46. The van der Waals surface area contributed by atoms with E-state index in [1.807, 2.05) is 38.1 Å². The van der Waals surface area contributed by atoms with Gasteiger partial charge < -0.3 is 10.1 Å². The van der Waals surface area contributed by atoms with E-state index in [1.54, 1.807) is 12.1 Å². The summed E-state index contributed by atoms with van der Waals surface area (Å²) in [6, 6.07) is 14.1. The largest absolute Gasteiger partial charge is 0.489 e. The molecule has 27 heavy (non-hydrogen) atoms. The van der Waals surface area contributed by atoms with Crippen LogP contribution in [0.3, 0.4) is 0 Å². The molecule has 0 spiro atoms. The fourth-order valence-corrected chi connectivity index (χ4v) is 3.42. The Labute approximate surface area is 160 Å². The first-order valence-corrected chi connectivity index (χ1v) is 9.54. The predicted molar refractivity (Wildman–Crippen MR) is 105 cm³/mol. The summed E-state index contributed by atoms with van der Waals surface area (Å²) in [5.74, 6) is 0.432. The second kappa shape index (κ2) is 9.00. The van der Waals surface area contributed by atoms with Gasteiger partial charge in [-0.3, -0.25) is 9.69 Å². The van der Waals surface area contributed by atoms with Crippen molar-refractivity contribution in [2.75, 3.05) is 18.4 Å². The molecule has 1 unspecified atom stereocenters. The van der Waals surface area contributed by atoms with Crippen LogP contribution < -0.4 is 10.1 Å². The third-order valence-electron chi connectivity index (χ3n) is 4.70. The average molecular weight is 370 g/mol. The van der Waals surface area contributed by atoms with E-state index in [9.17, 15) is 9.18 Å². The molecule has 0 radical (unpaired) electrons. The number of anilines is 1. The summed E-state index contributed by atoms with van der Waals surface area (Å²) in [7, 11) is 0. The molecule has 0 bridgehead atoms. The quantitative estimate of drug-likeness (QED) is 0.816. The van der Waals surface area contributed by atoms with Crippen molar-refractivity contribution in [3.05, 3.63) is 59.9 Å². The van der Waals surface area contributed by atoms with Crippen molar-refractivity contribution in [2.45, 2.75) is 39.3 Å². The van der Waals surface area contributed by atoms with Crippen molar-refractivity contribution in [1.82, 2.24) is 4.90 Å². The van der Waals surface area contributed by atoms with Crippen LogP contribution in [0.1, 0.15) is 32.3 Å². The van der Waals surface area contributed by atoms with Crippen LogP contribution in [0.4, 0.5) is 10.1 Å². The van der Waals surface area contributed by atoms with E-state index >= 15 is 0 Å². The van der Waals surface area contributed by atoms with Crippen LogP contribution >= 0.6 is 0 Å². The van der Waals surface area contributed by atoms with E-state index in [4.69, 9.17) is 4.74 Å². The molecule has 3 rings (SSSR count). The molecule has 4 nitrogen and oxygen atoms in total. The molecule has 2 aromatic carbocycles. The summed E-state index contributed by atoms with van der Waals surface area (Å²) < 4.78 is 18.9. The number of ether oxygens (including phenoxy) is 1. The van der Waals surface area contributed by atoms with E-state index in [0.29, 0.717) is 18.0 Å². The minimum Gasteiger partial charge on any atom is -0.489 e. The molecule has 1 fully saturated rings. The lowest BCUT2D eigenvalue weighted by Gasteiger charge is -2.32. The van der Waals surface area contributed by atoms with Crippen LogP contribution in [0.5, 0.6) is 5.75 Å². The van der Waals surface area contributed by atoms with Crippen LogP contribution in [-0.4, -0.2) is 30.0 Å².